The number of hydrogen-bond donors (Lipinski definition) is 0. The van der Waals surface area contributed by atoms with E-state index in [1.54, 1.807) is 0 Å². The molecule has 1 aliphatic carbocycles. The molecule has 0 atom stereocenters. The van der Waals surface area contributed by atoms with Gasteiger partial charge in [0.25, 0.3) is 0 Å². The van der Waals surface area contributed by atoms with Gasteiger partial charge in [0.1, 0.15) is 0 Å². The minimum Gasteiger partial charge on any atom is -0.310 e. The Morgan fingerprint density at radius 2 is 0.768 bits per heavy atom. The van der Waals surface area contributed by atoms with Gasteiger partial charge in [-0.1, -0.05) is 196 Å². The van der Waals surface area contributed by atoms with Gasteiger partial charge in [-0.15, -0.1) is 0 Å². The summed E-state index contributed by atoms with van der Waals surface area (Å²) in [7, 11) is 0. The minimum absolute atomic E-state index is 0.115. The molecule has 1 heterocycles. The van der Waals surface area contributed by atoms with Crippen molar-refractivity contribution in [3.8, 4) is 61.3 Å². The lowest BCUT2D eigenvalue weighted by Gasteiger charge is -2.28. The normalized spacial score (nSPS) is 12.6. The molecule has 0 saturated carbocycles. The number of rotatable bonds is 8. The zero-order valence-electron chi connectivity index (χ0n) is 38.6. The summed E-state index contributed by atoms with van der Waals surface area (Å²) >= 11 is 0. The number of hydrogen-bond acceptors (Lipinski definition) is 1. The number of aromatic nitrogens is 1. The second kappa shape index (κ2) is 16.3. The molecule has 11 aromatic carbocycles. The highest BCUT2D eigenvalue weighted by molar-refractivity contribution is 6.09. The first kappa shape index (κ1) is 40.5. The van der Waals surface area contributed by atoms with Crippen LogP contribution in [0, 0.1) is 0 Å². The monoisotopic (exact) mass is 880 g/mol. The van der Waals surface area contributed by atoms with Gasteiger partial charge in [0.05, 0.1) is 11.0 Å². The predicted octanol–water partition coefficient (Wildman–Crippen LogP) is 18.4. The number of nitrogens with zero attached hydrogens (tertiary/aromatic N) is 2. The lowest BCUT2D eigenvalue weighted by atomic mass is 9.82. The molecule has 0 aliphatic heterocycles. The molecule has 0 amide bonds. The quantitative estimate of drug-likeness (QED) is 0.148. The Labute approximate surface area is 403 Å². The summed E-state index contributed by atoms with van der Waals surface area (Å²) in [6, 6.07) is 93.6. The van der Waals surface area contributed by atoms with E-state index in [0.29, 0.717) is 0 Å². The summed E-state index contributed by atoms with van der Waals surface area (Å²) in [4.78, 5) is 2.41. The van der Waals surface area contributed by atoms with Crippen LogP contribution in [0.1, 0.15) is 25.0 Å². The van der Waals surface area contributed by atoms with Gasteiger partial charge in [0.15, 0.2) is 0 Å². The topological polar surface area (TPSA) is 8.17 Å². The van der Waals surface area contributed by atoms with Gasteiger partial charge >= 0.3 is 0 Å². The van der Waals surface area contributed by atoms with Crippen molar-refractivity contribution in [1.82, 2.24) is 4.57 Å². The van der Waals surface area contributed by atoms with Crippen LogP contribution in [-0.4, -0.2) is 4.57 Å². The van der Waals surface area contributed by atoms with Crippen molar-refractivity contribution in [2.45, 2.75) is 19.3 Å². The van der Waals surface area contributed by atoms with Crippen molar-refractivity contribution < 1.29 is 0 Å². The average Bonchev–Trinajstić information content (AvgIpc) is 3.87. The largest absolute Gasteiger partial charge is 0.310 e. The Morgan fingerprint density at radius 1 is 0.304 bits per heavy atom. The summed E-state index contributed by atoms with van der Waals surface area (Å²) in [5.41, 5.74) is 21.8. The number of para-hydroxylation sites is 2. The molecular formula is C67H48N2. The summed E-state index contributed by atoms with van der Waals surface area (Å²) < 4.78 is 2.39. The van der Waals surface area contributed by atoms with Crippen LogP contribution in [0.15, 0.2) is 255 Å². The zero-order chi connectivity index (χ0) is 46.1. The van der Waals surface area contributed by atoms with Gasteiger partial charge in [-0.25, -0.2) is 0 Å². The second-order valence-electron chi connectivity index (χ2n) is 19.0. The molecule has 1 aliphatic rings. The first-order valence-electron chi connectivity index (χ1n) is 24.0. The maximum Gasteiger partial charge on any atom is 0.0541 e. The number of benzene rings is 11. The second-order valence-corrected chi connectivity index (χ2v) is 19.0. The third kappa shape index (κ3) is 6.95. The molecule has 1 aromatic heterocycles. The maximum absolute atomic E-state index is 2.42. The maximum atomic E-state index is 2.42. The Kier molecular flexibility index (Phi) is 9.55. The van der Waals surface area contributed by atoms with E-state index in [4.69, 9.17) is 0 Å². The van der Waals surface area contributed by atoms with Crippen LogP contribution in [-0.2, 0) is 5.41 Å². The van der Waals surface area contributed by atoms with E-state index in [1.807, 2.05) is 0 Å². The summed E-state index contributed by atoms with van der Waals surface area (Å²) in [5, 5.41) is 5.05. The van der Waals surface area contributed by atoms with Crippen molar-refractivity contribution in [3.05, 3.63) is 266 Å². The van der Waals surface area contributed by atoms with Crippen molar-refractivity contribution >= 4 is 49.6 Å². The van der Waals surface area contributed by atoms with E-state index in [1.165, 1.54) is 99.3 Å². The highest BCUT2D eigenvalue weighted by Crippen LogP contribution is 2.51. The molecular weight excluding hydrogens is 833 g/mol. The minimum atomic E-state index is -0.115. The molecule has 13 rings (SSSR count). The summed E-state index contributed by atoms with van der Waals surface area (Å²) in [6.07, 6.45) is 0. The molecule has 69 heavy (non-hydrogen) atoms. The molecule has 0 N–H and O–H groups in total. The smallest absolute Gasteiger partial charge is 0.0541 e. The number of anilines is 3. The van der Waals surface area contributed by atoms with Gasteiger partial charge in [-0.3, -0.25) is 0 Å². The summed E-state index contributed by atoms with van der Waals surface area (Å²) in [6.45, 7) is 4.71. The molecule has 0 spiro atoms. The van der Waals surface area contributed by atoms with Crippen LogP contribution < -0.4 is 4.90 Å². The fourth-order valence-corrected chi connectivity index (χ4v) is 11.0. The third-order valence-corrected chi connectivity index (χ3v) is 14.6. The van der Waals surface area contributed by atoms with Crippen LogP contribution in [0.5, 0.6) is 0 Å². The lowest BCUT2D eigenvalue weighted by molar-refractivity contribution is 0.660. The van der Waals surface area contributed by atoms with E-state index >= 15 is 0 Å². The number of fused-ring (bicyclic) bond motifs is 7. The Bertz CT molecular complexity index is 3860. The van der Waals surface area contributed by atoms with Crippen LogP contribution in [0.3, 0.4) is 0 Å². The van der Waals surface area contributed by atoms with E-state index in [-0.39, 0.29) is 5.41 Å². The first-order chi connectivity index (χ1) is 33.9. The standard InChI is InChI=1S/C67H48N2/c1-67(2)63-22-8-5-19-59(63)60-40-39-58(44-64(60)67)68(56-37-33-49(34-38-56)51-15-11-16-52(41-51)54-30-29-45-13-3-4-14-50(45)42-54)55-35-31-47(32-36-55)46-25-27-48(28-26-46)53-17-12-18-57(43-53)69-65-23-9-6-20-61(65)62-21-7-10-24-66(62)69/h3-44H,1-2H3. The van der Waals surface area contributed by atoms with Gasteiger partial charge < -0.3 is 9.47 Å². The van der Waals surface area contributed by atoms with Crippen LogP contribution >= 0.6 is 0 Å². The van der Waals surface area contributed by atoms with E-state index in [0.717, 1.165) is 22.7 Å². The molecule has 2 heteroatoms. The van der Waals surface area contributed by atoms with Crippen molar-refractivity contribution in [2.75, 3.05) is 4.90 Å². The highest BCUT2D eigenvalue weighted by Gasteiger charge is 2.35. The Morgan fingerprint density at radius 3 is 1.43 bits per heavy atom. The van der Waals surface area contributed by atoms with Crippen LogP contribution in [0.25, 0.3) is 93.9 Å². The molecule has 0 unspecified atom stereocenters. The molecule has 0 fully saturated rings. The molecule has 326 valence electrons. The van der Waals surface area contributed by atoms with Crippen molar-refractivity contribution in [3.63, 3.8) is 0 Å². The highest BCUT2D eigenvalue weighted by atomic mass is 15.1. The average molecular weight is 881 g/mol. The van der Waals surface area contributed by atoms with Gasteiger partial charge in [0, 0.05) is 38.9 Å². The fourth-order valence-electron chi connectivity index (χ4n) is 11.0. The fraction of sp³-hybridized carbons (Fsp3) is 0.0448. The van der Waals surface area contributed by atoms with Crippen LogP contribution in [0.2, 0.25) is 0 Å². The van der Waals surface area contributed by atoms with Gasteiger partial charge in [0.2, 0.25) is 0 Å². The van der Waals surface area contributed by atoms with E-state index in [2.05, 4.69) is 278 Å². The van der Waals surface area contributed by atoms with Crippen LogP contribution in [0.4, 0.5) is 17.1 Å². The Balaban J connectivity index is 0.828. The molecule has 0 bridgehead atoms. The molecule has 12 aromatic rings. The third-order valence-electron chi connectivity index (χ3n) is 14.6. The summed E-state index contributed by atoms with van der Waals surface area (Å²) in [5.74, 6) is 0. The molecule has 0 radical (unpaired) electrons. The van der Waals surface area contributed by atoms with E-state index < -0.39 is 0 Å². The lowest BCUT2D eigenvalue weighted by Crippen LogP contribution is -2.16. The van der Waals surface area contributed by atoms with E-state index in [9.17, 15) is 0 Å². The first-order valence-corrected chi connectivity index (χ1v) is 24.0. The zero-order valence-corrected chi connectivity index (χ0v) is 38.6. The Hall–Kier alpha value is -8.72. The predicted molar refractivity (Wildman–Crippen MR) is 292 cm³/mol. The molecule has 0 saturated heterocycles. The SMILES string of the molecule is CC1(C)c2ccccc2-c2ccc(N(c3ccc(-c4ccc(-c5cccc(-n6c7ccccc7c7ccccc76)c5)cc4)cc3)c3ccc(-c4cccc(-c5ccc6ccccc6c5)c4)cc3)cc21. The molecule has 2 nitrogen and oxygen atoms in total. The van der Waals surface area contributed by atoms with Gasteiger partial charge in [-0.05, 0) is 150 Å². The van der Waals surface area contributed by atoms with Crippen molar-refractivity contribution in [1.29, 1.82) is 0 Å². The van der Waals surface area contributed by atoms with Gasteiger partial charge in [-0.2, -0.15) is 0 Å². The van der Waals surface area contributed by atoms with Crippen molar-refractivity contribution in [2.24, 2.45) is 0 Å².